The van der Waals surface area contributed by atoms with E-state index in [0.717, 1.165) is 16.5 Å². The number of rotatable bonds is 8. The highest BCUT2D eigenvalue weighted by molar-refractivity contribution is 7.89. The minimum Gasteiger partial charge on any atom is -0.493 e. The zero-order chi connectivity index (χ0) is 19.4. The monoisotopic (exact) mass is 390 g/mol. The van der Waals surface area contributed by atoms with Crippen LogP contribution in [0.15, 0.2) is 47.5 Å². The summed E-state index contributed by atoms with van der Waals surface area (Å²) in [7, 11) is 1.13. The highest BCUT2D eigenvalue weighted by atomic mass is 32.2. The fraction of sp³-hybridized carbons (Fsp3) is 0.263. The minimum atomic E-state index is -3.54. The standard InChI is InChI=1S/C19H22N2O5S/c1-24-16-11-15-17(19(26-3)18(16)25-2)13(12-20-15)9-10-21-27(22,23)14-7-5-4-6-8-14/h4-8,11-12,20-21H,9-10H2,1-3H3. The molecule has 0 saturated heterocycles. The van der Waals surface area contributed by atoms with E-state index in [-0.39, 0.29) is 11.4 Å². The lowest BCUT2D eigenvalue weighted by Crippen LogP contribution is -2.25. The third-order valence-corrected chi connectivity index (χ3v) is 5.77. The molecule has 7 nitrogen and oxygen atoms in total. The van der Waals surface area contributed by atoms with Gasteiger partial charge in [-0.1, -0.05) is 18.2 Å². The van der Waals surface area contributed by atoms with Gasteiger partial charge in [0.05, 0.1) is 31.7 Å². The van der Waals surface area contributed by atoms with E-state index in [4.69, 9.17) is 14.2 Å². The van der Waals surface area contributed by atoms with Crippen molar-refractivity contribution in [2.24, 2.45) is 0 Å². The summed E-state index contributed by atoms with van der Waals surface area (Å²) in [6.07, 6.45) is 2.32. The van der Waals surface area contributed by atoms with Crippen molar-refractivity contribution in [2.45, 2.75) is 11.3 Å². The Morgan fingerprint density at radius 1 is 1.00 bits per heavy atom. The molecule has 1 aromatic heterocycles. The van der Waals surface area contributed by atoms with Crippen LogP contribution in [0.2, 0.25) is 0 Å². The maximum atomic E-state index is 12.4. The van der Waals surface area contributed by atoms with Gasteiger partial charge in [-0.15, -0.1) is 0 Å². The number of nitrogens with one attached hydrogen (secondary N) is 2. The first kappa shape index (κ1) is 19.1. The normalized spacial score (nSPS) is 11.5. The quantitative estimate of drug-likeness (QED) is 0.617. The van der Waals surface area contributed by atoms with Gasteiger partial charge in [0.25, 0.3) is 0 Å². The fourth-order valence-corrected chi connectivity index (χ4v) is 4.08. The smallest absolute Gasteiger partial charge is 0.240 e. The lowest BCUT2D eigenvalue weighted by Gasteiger charge is -2.14. The van der Waals surface area contributed by atoms with E-state index >= 15 is 0 Å². The molecule has 8 heteroatoms. The number of aromatic nitrogens is 1. The van der Waals surface area contributed by atoms with Gasteiger partial charge in [0.15, 0.2) is 11.5 Å². The van der Waals surface area contributed by atoms with Crippen LogP contribution in [0.25, 0.3) is 10.9 Å². The molecule has 3 rings (SSSR count). The summed E-state index contributed by atoms with van der Waals surface area (Å²) in [5.41, 5.74) is 1.74. The number of sulfonamides is 1. The van der Waals surface area contributed by atoms with Crippen molar-refractivity contribution in [2.75, 3.05) is 27.9 Å². The molecule has 0 fully saturated rings. The summed E-state index contributed by atoms with van der Waals surface area (Å²) >= 11 is 0. The Balaban J connectivity index is 1.86. The van der Waals surface area contributed by atoms with E-state index in [0.29, 0.717) is 23.7 Å². The number of fused-ring (bicyclic) bond motifs is 1. The number of benzene rings is 2. The van der Waals surface area contributed by atoms with E-state index in [9.17, 15) is 8.42 Å². The molecular weight excluding hydrogens is 368 g/mol. The first-order valence-corrected chi connectivity index (χ1v) is 9.83. The van der Waals surface area contributed by atoms with E-state index in [1.807, 2.05) is 12.3 Å². The van der Waals surface area contributed by atoms with Gasteiger partial charge in [-0.2, -0.15) is 0 Å². The highest BCUT2D eigenvalue weighted by Gasteiger charge is 2.20. The van der Waals surface area contributed by atoms with E-state index in [1.165, 1.54) is 0 Å². The first-order valence-electron chi connectivity index (χ1n) is 8.35. The van der Waals surface area contributed by atoms with Crippen molar-refractivity contribution in [1.29, 1.82) is 0 Å². The summed E-state index contributed by atoms with van der Waals surface area (Å²) < 4.78 is 43.7. The van der Waals surface area contributed by atoms with Gasteiger partial charge in [-0.25, -0.2) is 13.1 Å². The zero-order valence-corrected chi connectivity index (χ0v) is 16.2. The van der Waals surface area contributed by atoms with Crippen LogP contribution in [0.5, 0.6) is 17.2 Å². The molecule has 27 heavy (non-hydrogen) atoms. The number of hydrogen-bond donors (Lipinski definition) is 2. The molecule has 144 valence electrons. The van der Waals surface area contributed by atoms with Gasteiger partial charge in [-0.3, -0.25) is 0 Å². The summed E-state index contributed by atoms with van der Waals surface area (Å²) in [4.78, 5) is 3.42. The highest BCUT2D eigenvalue weighted by Crippen LogP contribution is 2.44. The number of methoxy groups -OCH3 is 3. The van der Waals surface area contributed by atoms with Crippen LogP contribution in [0.3, 0.4) is 0 Å². The van der Waals surface area contributed by atoms with Crippen molar-refractivity contribution in [3.05, 3.63) is 48.2 Å². The van der Waals surface area contributed by atoms with Crippen LogP contribution < -0.4 is 18.9 Å². The van der Waals surface area contributed by atoms with Gasteiger partial charge in [0.2, 0.25) is 15.8 Å². The molecule has 0 aliphatic carbocycles. The second-order valence-electron chi connectivity index (χ2n) is 5.84. The lowest BCUT2D eigenvalue weighted by atomic mass is 10.1. The van der Waals surface area contributed by atoms with Gasteiger partial charge in [0, 0.05) is 24.2 Å². The maximum Gasteiger partial charge on any atom is 0.240 e. The molecule has 3 aromatic rings. The molecule has 0 aliphatic rings. The number of H-pyrrole nitrogens is 1. The summed E-state index contributed by atoms with van der Waals surface area (Å²) in [5, 5.41) is 0.842. The van der Waals surface area contributed by atoms with Gasteiger partial charge < -0.3 is 19.2 Å². The predicted octanol–water partition coefficient (Wildman–Crippen LogP) is 2.71. The Labute approximate surface area is 158 Å². The number of ether oxygens (including phenoxy) is 3. The predicted molar refractivity (Wildman–Crippen MR) is 103 cm³/mol. The molecule has 0 aliphatic heterocycles. The van der Waals surface area contributed by atoms with Crippen molar-refractivity contribution in [3.8, 4) is 17.2 Å². The van der Waals surface area contributed by atoms with Gasteiger partial charge in [0.1, 0.15) is 0 Å². The van der Waals surface area contributed by atoms with Gasteiger partial charge >= 0.3 is 0 Å². The Morgan fingerprint density at radius 2 is 1.70 bits per heavy atom. The molecule has 0 saturated carbocycles. The minimum absolute atomic E-state index is 0.243. The molecule has 0 atom stereocenters. The topological polar surface area (TPSA) is 89.7 Å². The third kappa shape index (κ3) is 3.72. The average Bonchev–Trinajstić information content (AvgIpc) is 3.09. The zero-order valence-electron chi connectivity index (χ0n) is 15.4. The Hall–Kier alpha value is -2.71. The number of aromatic amines is 1. The Kier molecular flexibility index (Phi) is 5.57. The third-order valence-electron chi connectivity index (χ3n) is 4.29. The van der Waals surface area contributed by atoms with E-state index in [2.05, 4.69) is 9.71 Å². The molecule has 2 N–H and O–H groups in total. The SMILES string of the molecule is COc1cc2[nH]cc(CCNS(=O)(=O)c3ccccc3)c2c(OC)c1OC. The van der Waals surface area contributed by atoms with Crippen LogP contribution in [-0.2, 0) is 16.4 Å². The molecule has 0 amide bonds. The maximum absolute atomic E-state index is 12.4. The van der Waals surface area contributed by atoms with Crippen molar-refractivity contribution < 1.29 is 22.6 Å². The molecule has 1 heterocycles. The Morgan fingerprint density at radius 3 is 2.33 bits per heavy atom. The molecule has 0 unspecified atom stereocenters. The summed E-state index contributed by atoms with van der Waals surface area (Å²) in [5.74, 6) is 1.60. The van der Waals surface area contributed by atoms with Crippen LogP contribution in [-0.4, -0.2) is 41.3 Å². The van der Waals surface area contributed by atoms with Crippen LogP contribution in [0.1, 0.15) is 5.56 Å². The first-order chi connectivity index (χ1) is 13.0. The van der Waals surface area contributed by atoms with Crippen molar-refractivity contribution in [3.63, 3.8) is 0 Å². The second kappa shape index (κ2) is 7.89. The van der Waals surface area contributed by atoms with Crippen LogP contribution >= 0.6 is 0 Å². The lowest BCUT2D eigenvalue weighted by molar-refractivity contribution is 0.327. The average molecular weight is 390 g/mol. The number of hydrogen-bond acceptors (Lipinski definition) is 5. The Bertz CT molecular complexity index is 1030. The largest absolute Gasteiger partial charge is 0.493 e. The van der Waals surface area contributed by atoms with E-state index in [1.54, 1.807) is 51.7 Å². The van der Waals surface area contributed by atoms with Crippen molar-refractivity contribution in [1.82, 2.24) is 9.71 Å². The fourth-order valence-electron chi connectivity index (χ4n) is 3.03. The van der Waals surface area contributed by atoms with Crippen molar-refractivity contribution >= 4 is 20.9 Å². The molecule has 0 bridgehead atoms. The molecule has 0 radical (unpaired) electrons. The van der Waals surface area contributed by atoms with Crippen LogP contribution in [0.4, 0.5) is 0 Å². The summed E-state index contributed by atoms with van der Waals surface area (Å²) in [6.45, 7) is 0.252. The second-order valence-corrected chi connectivity index (χ2v) is 7.61. The molecule has 2 aromatic carbocycles. The summed E-state index contributed by atoms with van der Waals surface area (Å²) in [6, 6.07) is 10.1. The van der Waals surface area contributed by atoms with E-state index < -0.39 is 10.0 Å². The van der Waals surface area contributed by atoms with Gasteiger partial charge in [-0.05, 0) is 24.1 Å². The molecule has 0 spiro atoms. The van der Waals surface area contributed by atoms with Crippen LogP contribution in [0, 0.1) is 0 Å². The molecular formula is C19H22N2O5S.